The summed E-state index contributed by atoms with van der Waals surface area (Å²) in [6.07, 6.45) is 6.21. The third-order valence-corrected chi connectivity index (χ3v) is 6.69. The number of amides is 2. The second kappa shape index (κ2) is 7.24. The zero-order chi connectivity index (χ0) is 20.8. The van der Waals surface area contributed by atoms with Crippen LogP contribution in [0.4, 0.5) is 9.80 Å². The zero-order valence-corrected chi connectivity index (χ0v) is 17.6. The number of aromatic amines is 1. The molecule has 154 valence electrons. The van der Waals surface area contributed by atoms with Crippen LogP contribution in [-0.2, 0) is 0 Å². The average molecular weight is 423 g/mol. The van der Waals surface area contributed by atoms with Crippen molar-refractivity contribution in [2.45, 2.75) is 26.3 Å². The standard InChI is InChI=1S/C21H22N6O2S/c1-12-4-7-26(21(29)24-18-9-13(2)25-30-18)11-16(12)27-8-5-17(28)15-10-23-20-14(19(15)27)3-6-22-20/h3,5-6,8-10,12,16H,4,7,11H2,1-2H3,(H,22,23)(H,24,29). The Hall–Kier alpha value is -3.20. The molecule has 8 nitrogen and oxygen atoms in total. The van der Waals surface area contributed by atoms with Gasteiger partial charge in [0.05, 0.1) is 22.6 Å². The minimum absolute atomic E-state index is 0.0459. The molecular formula is C21H22N6O2S. The van der Waals surface area contributed by atoms with Crippen LogP contribution in [0, 0.1) is 12.8 Å². The van der Waals surface area contributed by atoms with Crippen LogP contribution in [0.25, 0.3) is 21.9 Å². The first-order valence-electron chi connectivity index (χ1n) is 9.97. The Bertz CT molecular complexity index is 1310. The Morgan fingerprint density at radius 2 is 2.20 bits per heavy atom. The van der Waals surface area contributed by atoms with Crippen LogP contribution in [0.1, 0.15) is 25.1 Å². The molecule has 1 fully saturated rings. The number of aryl methyl sites for hydroxylation is 1. The molecule has 0 aliphatic carbocycles. The number of carbonyl (C=O) groups is 1. The van der Waals surface area contributed by atoms with Gasteiger partial charge in [-0.1, -0.05) is 6.92 Å². The maximum Gasteiger partial charge on any atom is 0.322 e. The summed E-state index contributed by atoms with van der Waals surface area (Å²) < 4.78 is 6.37. The summed E-state index contributed by atoms with van der Waals surface area (Å²) >= 11 is 1.29. The van der Waals surface area contributed by atoms with Gasteiger partial charge in [-0.3, -0.25) is 10.1 Å². The van der Waals surface area contributed by atoms with Gasteiger partial charge >= 0.3 is 6.03 Å². The van der Waals surface area contributed by atoms with Gasteiger partial charge in [-0.25, -0.2) is 9.78 Å². The monoisotopic (exact) mass is 422 g/mol. The summed E-state index contributed by atoms with van der Waals surface area (Å²) in [7, 11) is 0. The highest BCUT2D eigenvalue weighted by molar-refractivity contribution is 7.10. The fraction of sp³-hybridized carbons (Fsp3) is 0.333. The van der Waals surface area contributed by atoms with Crippen molar-refractivity contribution < 1.29 is 4.79 Å². The van der Waals surface area contributed by atoms with E-state index in [0.717, 1.165) is 33.7 Å². The van der Waals surface area contributed by atoms with Crippen LogP contribution in [0.15, 0.2) is 41.6 Å². The molecule has 1 aliphatic heterocycles. The normalized spacial score (nSPS) is 19.5. The second-order valence-electron chi connectivity index (χ2n) is 7.89. The highest BCUT2D eigenvalue weighted by atomic mass is 32.1. The Labute approximate surface area is 176 Å². The van der Waals surface area contributed by atoms with E-state index in [2.05, 4.69) is 31.1 Å². The number of piperidine rings is 1. The average Bonchev–Trinajstić information content (AvgIpc) is 3.37. The number of anilines is 1. The zero-order valence-electron chi connectivity index (χ0n) is 16.8. The Kier molecular flexibility index (Phi) is 4.54. The number of pyridine rings is 2. The lowest BCUT2D eigenvalue weighted by Gasteiger charge is -2.38. The number of rotatable bonds is 2. The number of hydrogen-bond acceptors (Lipinski definition) is 5. The summed E-state index contributed by atoms with van der Waals surface area (Å²) in [6.45, 7) is 5.37. The van der Waals surface area contributed by atoms with Crippen LogP contribution < -0.4 is 10.7 Å². The van der Waals surface area contributed by atoms with Gasteiger partial charge in [-0.15, -0.1) is 0 Å². The number of hydrogen-bond donors (Lipinski definition) is 2. The quantitative estimate of drug-likeness (QED) is 0.514. The van der Waals surface area contributed by atoms with Gasteiger partial charge in [0.2, 0.25) is 0 Å². The Morgan fingerprint density at radius 3 is 3.00 bits per heavy atom. The Morgan fingerprint density at radius 1 is 1.33 bits per heavy atom. The van der Waals surface area contributed by atoms with Crippen molar-refractivity contribution in [3.8, 4) is 0 Å². The number of carbonyl (C=O) groups excluding carboxylic acids is 1. The molecule has 0 saturated carbocycles. The number of H-pyrrole nitrogens is 1. The van der Waals surface area contributed by atoms with Gasteiger partial charge in [0, 0.05) is 43.1 Å². The van der Waals surface area contributed by atoms with E-state index in [4.69, 9.17) is 0 Å². The first kappa shape index (κ1) is 18.8. The molecule has 5 rings (SSSR count). The van der Waals surface area contributed by atoms with Gasteiger partial charge in [0.1, 0.15) is 10.6 Å². The fourth-order valence-electron chi connectivity index (χ4n) is 4.24. The van der Waals surface area contributed by atoms with E-state index < -0.39 is 0 Å². The minimum atomic E-state index is -0.116. The summed E-state index contributed by atoms with van der Waals surface area (Å²) in [5.74, 6) is 0.354. The van der Waals surface area contributed by atoms with Crippen LogP contribution in [-0.4, -0.2) is 42.9 Å². The van der Waals surface area contributed by atoms with Crippen LogP contribution in [0.2, 0.25) is 0 Å². The molecule has 30 heavy (non-hydrogen) atoms. The van der Waals surface area contributed by atoms with E-state index in [0.29, 0.717) is 24.4 Å². The highest BCUT2D eigenvalue weighted by Crippen LogP contribution is 2.32. The fourth-order valence-corrected chi connectivity index (χ4v) is 4.89. The van der Waals surface area contributed by atoms with Gasteiger partial charge in [0.15, 0.2) is 5.43 Å². The number of aromatic nitrogens is 4. The molecule has 0 spiro atoms. The predicted octanol–water partition coefficient (Wildman–Crippen LogP) is 3.76. The third-order valence-electron chi connectivity index (χ3n) is 5.89. The van der Waals surface area contributed by atoms with Gasteiger partial charge < -0.3 is 14.5 Å². The predicted molar refractivity (Wildman–Crippen MR) is 118 cm³/mol. The molecule has 4 aromatic heterocycles. The van der Waals surface area contributed by atoms with Crippen LogP contribution in [0.3, 0.4) is 0 Å². The molecule has 0 aromatic carbocycles. The first-order valence-corrected chi connectivity index (χ1v) is 10.7. The van der Waals surface area contributed by atoms with Gasteiger partial charge in [-0.2, -0.15) is 4.37 Å². The molecule has 2 amide bonds. The number of likely N-dealkylation sites (tertiary alicyclic amines) is 1. The van der Waals surface area contributed by atoms with E-state index in [1.165, 1.54) is 11.5 Å². The molecular weight excluding hydrogens is 400 g/mol. The maximum atomic E-state index is 12.9. The summed E-state index contributed by atoms with van der Waals surface area (Å²) in [5.41, 5.74) is 2.46. The van der Waals surface area contributed by atoms with Crippen LogP contribution in [0.5, 0.6) is 0 Å². The number of urea groups is 1. The molecule has 1 aliphatic rings. The second-order valence-corrected chi connectivity index (χ2v) is 8.69. The van der Waals surface area contributed by atoms with Crippen molar-refractivity contribution >= 4 is 44.5 Å². The minimum Gasteiger partial charge on any atom is -0.346 e. The summed E-state index contributed by atoms with van der Waals surface area (Å²) in [5, 5.41) is 5.22. The number of nitrogens with zero attached hydrogens (tertiary/aromatic N) is 4. The molecule has 9 heteroatoms. The van der Waals surface area contributed by atoms with E-state index in [9.17, 15) is 9.59 Å². The topological polar surface area (TPSA) is 95.9 Å². The Balaban J connectivity index is 1.52. The number of fused-ring (bicyclic) bond motifs is 3. The van der Waals surface area contributed by atoms with Crippen molar-refractivity contribution in [3.63, 3.8) is 0 Å². The van der Waals surface area contributed by atoms with Crippen LogP contribution >= 0.6 is 11.5 Å². The molecule has 2 unspecified atom stereocenters. The van der Waals surface area contributed by atoms with Crippen molar-refractivity contribution in [2.75, 3.05) is 18.4 Å². The molecule has 5 heterocycles. The molecule has 1 saturated heterocycles. The lowest BCUT2D eigenvalue weighted by Crippen LogP contribution is -2.45. The molecule has 2 atom stereocenters. The molecule has 0 radical (unpaired) electrons. The van der Waals surface area contributed by atoms with E-state index in [-0.39, 0.29) is 17.5 Å². The lowest BCUT2D eigenvalue weighted by molar-refractivity contribution is 0.151. The van der Waals surface area contributed by atoms with Crippen molar-refractivity contribution in [3.05, 3.63) is 52.7 Å². The SMILES string of the molecule is Cc1cc(NC(=O)N2CCC(C)C(n3ccc(=O)c4cnc5[nH]ccc5c43)C2)sn1. The van der Waals surface area contributed by atoms with Crippen molar-refractivity contribution in [1.29, 1.82) is 0 Å². The molecule has 0 bridgehead atoms. The third kappa shape index (κ3) is 3.15. The van der Waals surface area contributed by atoms with Crippen molar-refractivity contribution in [2.24, 2.45) is 5.92 Å². The van der Waals surface area contributed by atoms with Crippen molar-refractivity contribution in [1.82, 2.24) is 23.8 Å². The molecule has 2 N–H and O–H groups in total. The largest absolute Gasteiger partial charge is 0.346 e. The molecule has 4 aromatic rings. The first-order chi connectivity index (χ1) is 14.5. The van der Waals surface area contributed by atoms with Gasteiger partial charge in [-0.05, 0) is 42.9 Å². The highest BCUT2D eigenvalue weighted by Gasteiger charge is 2.31. The van der Waals surface area contributed by atoms with Gasteiger partial charge in [0.25, 0.3) is 0 Å². The van der Waals surface area contributed by atoms with E-state index >= 15 is 0 Å². The maximum absolute atomic E-state index is 12.9. The van der Waals surface area contributed by atoms with E-state index in [1.54, 1.807) is 12.3 Å². The van der Waals surface area contributed by atoms with E-state index in [1.807, 2.05) is 36.4 Å². The summed E-state index contributed by atoms with van der Waals surface area (Å²) in [4.78, 5) is 34.7. The lowest BCUT2D eigenvalue weighted by atomic mass is 9.92. The number of nitrogens with one attached hydrogen (secondary N) is 2. The summed E-state index contributed by atoms with van der Waals surface area (Å²) in [6, 6.07) is 5.35. The smallest absolute Gasteiger partial charge is 0.322 e.